The molecular weight excluding hydrogens is 485 g/mol. The average Bonchev–Trinajstić information content (AvgIpc) is 2.88. The monoisotopic (exact) mass is 509 g/mol. The highest BCUT2D eigenvalue weighted by molar-refractivity contribution is 6.34. The Morgan fingerprint density at radius 2 is 1.66 bits per heavy atom. The zero-order chi connectivity index (χ0) is 24.8. The van der Waals surface area contributed by atoms with Gasteiger partial charge in [-0.05, 0) is 48.0 Å². The number of hydrogen-bond donors (Lipinski definition) is 1. The minimum absolute atomic E-state index is 0.00343. The first-order chi connectivity index (χ1) is 16.9. The molecule has 35 heavy (non-hydrogen) atoms. The molecule has 0 aliphatic carbocycles. The van der Waals surface area contributed by atoms with Gasteiger partial charge in [-0.3, -0.25) is 9.59 Å². The fraction of sp³-hybridized carbons (Fsp3) is 0.185. The van der Waals surface area contributed by atoms with E-state index in [4.69, 9.17) is 27.9 Å². The van der Waals surface area contributed by atoms with Crippen LogP contribution in [-0.4, -0.2) is 50.0 Å². The molecule has 0 unspecified atom stereocenters. The first kappa shape index (κ1) is 24.6. The number of nitrogens with one attached hydrogen (secondary N) is 1. The number of benzene rings is 3. The van der Waals surface area contributed by atoms with E-state index in [1.54, 1.807) is 30.3 Å². The zero-order valence-electron chi connectivity index (χ0n) is 19.2. The van der Waals surface area contributed by atoms with Gasteiger partial charge in [0.15, 0.2) is 0 Å². The third-order valence-electron chi connectivity index (χ3n) is 5.77. The molecule has 2 amide bonds. The lowest BCUT2D eigenvalue weighted by atomic mass is 10.2. The van der Waals surface area contributed by atoms with Crippen LogP contribution in [0.5, 0.6) is 5.75 Å². The highest BCUT2D eigenvalue weighted by atomic mass is 35.5. The lowest BCUT2D eigenvalue weighted by Gasteiger charge is -2.36. The number of ether oxygens (including phenoxy) is 1. The molecule has 4 rings (SSSR count). The minimum atomic E-state index is -0.297. The summed E-state index contributed by atoms with van der Waals surface area (Å²) in [5.41, 5.74) is 2.85. The van der Waals surface area contributed by atoms with Crippen molar-refractivity contribution >= 4 is 52.5 Å². The molecular formula is C27H25Cl2N3O3. The molecule has 1 N–H and O–H groups in total. The van der Waals surface area contributed by atoms with Crippen LogP contribution in [0.15, 0.2) is 72.8 Å². The molecule has 1 heterocycles. The number of carbonyl (C=O) groups is 2. The molecule has 0 radical (unpaired) electrons. The van der Waals surface area contributed by atoms with Crippen molar-refractivity contribution in [3.63, 3.8) is 0 Å². The van der Waals surface area contributed by atoms with Gasteiger partial charge in [-0.1, -0.05) is 53.5 Å². The molecule has 180 valence electrons. The van der Waals surface area contributed by atoms with Crippen molar-refractivity contribution in [1.29, 1.82) is 0 Å². The molecule has 8 heteroatoms. The molecule has 3 aromatic rings. The summed E-state index contributed by atoms with van der Waals surface area (Å²) < 4.78 is 5.12. The van der Waals surface area contributed by atoms with Gasteiger partial charge in [0.25, 0.3) is 5.91 Å². The molecule has 1 aliphatic heterocycles. The Morgan fingerprint density at radius 1 is 0.914 bits per heavy atom. The fourth-order valence-electron chi connectivity index (χ4n) is 3.86. The molecule has 6 nitrogen and oxygen atoms in total. The van der Waals surface area contributed by atoms with Crippen LogP contribution in [0.1, 0.15) is 15.9 Å². The van der Waals surface area contributed by atoms with Crippen LogP contribution in [0.4, 0.5) is 11.4 Å². The molecule has 0 saturated carbocycles. The van der Waals surface area contributed by atoms with Crippen molar-refractivity contribution in [3.05, 3.63) is 94.0 Å². The lowest BCUT2D eigenvalue weighted by Crippen LogP contribution is -2.48. The minimum Gasteiger partial charge on any atom is -0.495 e. The van der Waals surface area contributed by atoms with E-state index >= 15 is 0 Å². The SMILES string of the molecule is COc1ccc(C(=O)Nc2ccc(N3CCN(C(=O)/C=C/c4ccccc4)CC3)c(Cl)c2)cc1Cl. The number of nitrogens with zero attached hydrogens (tertiary/aromatic N) is 2. The van der Waals surface area contributed by atoms with E-state index in [-0.39, 0.29) is 11.8 Å². The first-order valence-corrected chi connectivity index (χ1v) is 11.9. The Balaban J connectivity index is 1.34. The molecule has 3 aromatic carbocycles. The second kappa shape index (κ2) is 11.3. The predicted octanol–water partition coefficient (Wildman–Crippen LogP) is 5.62. The van der Waals surface area contributed by atoms with Gasteiger partial charge in [-0.25, -0.2) is 0 Å². The van der Waals surface area contributed by atoms with Crippen molar-refractivity contribution in [2.75, 3.05) is 43.5 Å². The quantitative estimate of drug-likeness (QED) is 0.438. The summed E-state index contributed by atoms with van der Waals surface area (Å²) in [5.74, 6) is 0.204. The number of rotatable bonds is 6. The summed E-state index contributed by atoms with van der Waals surface area (Å²) in [4.78, 5) is 29.1. The van der Waals surface area contributed by atoms with Crippen LogP contribution in [0, 0.1) is 0 Å². The number of piperazine rings is 1. The van der Waals surface area contributed by atoms with Crippen LogP contribution in [0.2, 0.25) is 10.0 Å². The first-order valence-electron chi connectivity index (χ1n) is 11.2. The Morgan fingerprint density at radius 3 is 2.31 bits per heavy atom. The molecule has 1 saturated heterocycles. The van der Waals surface area contributed by atoms with Crippen LogP contribution in [-0.2, 0) is 4.79 Å². The van der Waals surface area contributed by atoms with Gasteiger partial charge < -0.3 is 19.9 Å². The largest absolute Gasteiger partial charge is 0.495 e. The maximum absolute atomic E-state index is 12.6. The smallest absolute Gasteiger partial charge is 0.255 e. The second-order valence-corrected chi connectivity index (χ2v) is 8.84. The highest BCUT2D eigenvalue weighted by Gasteiger charge is 2.21. The number of carbonyl (C=O) groups excluding carboxylic acids is 2. The maximum Gasteiger partial charge on any atom is 0.255 e. The maximum atomic E-state index is 12.6. The van der Waals surface area contributed by atoms with Crippen LogP contribution in [0.25, 0.3) is 6.08 Å². The Kier molecular flexibility index (Phi) is 7.95. The molecule has 0 spiro atoms. The van der Waals surface area contributed by atoms with Crippen molar-refractivity contribution in [2.24, 2.45) is 0 Å². The summed E-state index contributed by atoms with van der Waals surface area (Å²) in [6, 6.07) is 20.0. The van der Waals surface area contributed by atoms with Crippen molar-refractivity contribution in [2.45, 2.75) is 0 Å². The van der Waals surface area contributed by atoms with Gasteiger partial charge >= 0.3 is 0 Å². The van der Waals surface area contributed by atoms with Gasteiger partial charge in [-0.15, -0.1) is 0 Å². The summed E-state index contributed by atoms with van der Waals surface area (Å²) >= 11 is 12.7. The lowest BCUT2D eigenvalue weighted by molar-refractivity contribution is -0.126. The van der Waals surface area contributed by atoms with Crippen molar-refractivity contribution in [3.8, 4) is 5.75 Å². The summed E-state index contributed by atoms with van der Waals surface area (Å²) in [5, 5.41) is 3.73. The number of anilines is 2. The second-order valence-electron chi connectivity index (χ2n) is 8.03. The topological polar surface area (TPSA) is 61.9 Å². The Hall–Kier alpha value is -3.48. The molecule has 1 aliphatic rings. The van der Waals surface area contributed by atoms with E-state index in [1.807, 2.05) is 53.4 Å². The van der Waals surface area contributed by atoms with Crippen molar-refractivity contribution in [1.82, 2.24) is 4.90 Å². The van der Waals surface area contributed by atoms with E-state index in [2.05, 4.69) is 10.2 Å². The van der Waals surface area contributed by atoms with Gasteiger partial charge in [-0.2, -0.15) is 0 Å². The van der Waals surface area contributed by atoms with Crippen molar-refractivity contribution < 1.29 is 14.3 Å². The molecule has 0 aromatic heterocycles. The van der Waals surface area contributed by atoms with Gasteiger partial charge in [0.1, 0.15) is 5.75 Å². The molecule has 0 atom stereocenters. The van der Waals surface area contributed by atoms with E-state index < -0.39 is 0 Å². The van der Waals surface area contributed by atoms with E-state index in [0.717, 1.165) is 11.3 Å². The number of amides is 2. The van der Waals surface area contributed by atoms with Gasteiger partial charge in [0.2, 0.25) is 5.91 Å². The van der Waals surface area contributed by atoms with Crippen LogP contribution >= 0.6 is 23.2 Å². The molecule has 0 bridgehead atoms. The van der Waals surface area contributed by atoms with E-state index in [9.17, 15) is 9.59 Å². The number of halogens is 2. The third-order valence-corrected chi connectivity index (χ3v) is 6.37. The standard InChI is InChI=1S/C27H25Cl2N3O3/c1-35-25-11-8-20(17-23(25)29)27(34)30-21-9-10-24(22(28)18-21)31-13-15-32(16-14-31)26(33)12-7-19-5-3-2-4-6-19/h2-12,17-18H,13-16H2,1H3,(H,30,34)/b12-7+. The van der Waals surface area contributed by atoms with E-state index in [1.165, 1.54) is 7.11 Å². The summed E-state index contributed by atoms with van der Waals surface area (Å²) in [6.07, 6.45) is 3.45. The van der Waals surface area contributed by atoms with Crippen LogP contribution < -0.4 is 15.0 Å². The molecule has 1 fully saturated rings. The van der Waals surface area contributed by atoms with E-state index in [0.29, 0.717) is 53.2 Å². The number of hydrogen-bond acceptors (Lipinski definition) is 4. The zero-order valence-corrected chi connectivity index (χ0v) is 20.7. The summed E-state index contributed by atoms with van der Waals surface area (Å²) in [7, 11) is 1.52. The summed E-state index contributed by atoms with van der Waals surface area (Å²) in [6.45, 7) is 2.54. The Bertz CT molecular complexity index is 1240. The van der Waals surface area contributed by atoms with Crippen LogP contribution in [0.3, 0.4) is 0 Å². The fourth-order valence-corrected chi connectivity index (χ4v) is 4.41. The van der Waals surface area contributed by atoms with Gasteiger partial charge in [0, 0.05) is 43.5 Å². The average molecular weight is 510 g/mol. The van der Waals surface area contributed by atoms with Gasteiger partial charge in [0.05, 0.1) is 22.8 Å². The predicted molar refractivity (Wildman–Crippen MR) is 142 cm³/mol. The highest BCUT2D eigenvalue weighted by Crippen LogP contribution is 2.30. The normalized spacial score (nSPS) is 13.7. The Labute approximate surface area is 214 Å². The third kappa shape index (κ3) is 6.15. The number of methoxy groups -OCH3 is 1.